The van der Waals surface area contributed by atoms with Crippen LogP contribution in [0, 0.1) is 6.92 Å². The van der Waals surface area contributed by atoms with Gasteiger partial charge in [0.05, 0.1) is 28.9 Å². The Hall–Kier alpha value is -3.44. The number of hydrogen-bond donors (Lipinski definition) is 2. The summed E-state index contributed by atoms with van der Waals surface area (Å²) >= 11 is 0. The summed E-state index contributed by atoms with van der Waals surface area (Å²) in [5, 5.41) is 12.8. The zero-order valence-corrected chi connectivity index (χ0v) is 23.3. The molecular formula is C29H32F3N3O4S. The molecular weight excluding hydrogens is 543 g/mol. The molecule has 0 aliphatic carbocycles. The van der Waals surface area contributed by atoms with E-state index in [1.165, 1.54) is 12.1 Å². The van der Waals surface area contributed by atoms with Gasteiger partial charge in [-0.15, -0.1) is 0 Å². The Morgan fingerprint density at radius 3 is 2.42 bits per heavy atom. The highest BCUT2D eigenvalue weighted by Crippen LogP contribution is 2.36. The van der Waals surface area contributed by atoms with Crippen molar-refractivity contribution in [3.8, 4) is 0 Å². The molecule has 2 N–H and O–H groups in total. The van der Waals surface area contributed by atoms with E-state index >= 15 is 0 Å². The molecule has 0 saturated heterocycles. The summed E-state index contributed by atoms with van der Waals surface area (Å²) in [5.74, 6) is 0.129. The molecule has 1 unspecified atom stereocenters. The van der Waals surface area contributed by atoms with Crippen LogP contribution in [0.1, 0.15) is 70.4 Å². The van der Waals surface area contributed by atoms with E-state index < -0.39 is 33.5 Å². The number of benzene rings is 2. The number of alkyl halides is 3. The molecule has 4 rings (SSSR count). The molecule has 1 aliphatic rings. The highest BCUT2D eigenvalue weighted by atomic mass is 32.2. The third-order valence-corrected chi connectivity index (χ3v) is 9.08. The summed E-state index contributed by atoms with van der Waals surface area (Å²) < 4.78 is 63.6. The molecule has 11 heteroatoms. The second-order valence-electron chi connectivity index (χ2n) is 9.94. The predicted octanol–water partition coefficient (Wildman–Crippen LogP) is 5.18. The standard InChI is InChI=1S/C29H32F3N3O4S/c1-4-19-15-35(27-18(3)12-23(14-33-27)29(30,31)32)16-22-13-21(8-11-25(19)22)28(37)34-26(17-36)20-6-9-24(10-7-20)40(38,39)5-2/h6-14,19,26,36H,4-5,15-17H2,1-3H3,(H,34,37)/t19?,26-/m0/s1. The fourth-order valence-corrected chi connectivity index (χ4v) is 5.91. The van der Waals surface area contributed by atoms with E-state index in [0.29, 0.717) is 35.6 Å². The van der Waals surface area contributed by atoms with Crippen molar-refractivity contribution in [3.05, 3.63) is 88.1 Å². The topological polar surface area (TPSA) is 99.6 Å². The number of carbonyl (C=O) groups is 1. The van der Waals surface area contributed by atoms with Crippen molar-refractivity contribution in [2.24, 2.45) is 0 Å². The van der Waals surface area contributed by atoms with E-state index in [4.69, 9.17) is 0 Å². The van der Waals surface area contributed by atoms with Gasteiger partial charge in [0.25, 0.3) is 5.91 Å². The summed E-state index contributed by atoms with van der Waals surface area (Å²) in [4.78, 5) is 19.4. The third-order valence-electron chi connectivity index (χ3n) is 7.33. The van der Waals surface area contributed by atoms with Gasteiger partial charge in [-0.2, -0.15) is 13.2 Å². The second kappa shape index (κ2) is 11.6. The van der Waals surface area contributed by atoms with Crippen LogP contribution in [0.25, 0.3) is 0 Å². The number of pyridine rings is 1. The van der Waals surface area contributed by atoms with Crippen molar-refractivity contribution in [1.82, 2.24) is 10.3 Å². The number of aryl methyl sites for hydroxylation is 1. The van der Waals surface area contributed by atoms with E-state index in [1.807, 2.05) is 17.9 Å². The number of sulfone groups is 1. The summed E-state index contributed by atoms with van der Waals surface area (Å²) in [5.41, 5.74) is 2.51. The first kappa shape index (κ1) is 29.5. The average Bonchev–Trinajstić information content (AvgIpc) is 2.94. The number of anilines is 1. The van der Waals surface area contributed by atoms with Gasteiger partial charge in [-0.05, 0) is 65.9 Å². The number of nitrogens with one attached hydrogen (secondary N) is 1. The van der Waals surface area contributed by atoms with Crippen molar-refractivity contribution in [1.29, 1.82) is 0 Å². The Balaban J connectivity index is 1.56. The van der Waals surface area contributed by atoms with E-state index in [2.05, 4.69) is 10.3 Å². The molecule has 3 aromatic rings. The first-order valence-electron chi connectivity index (χ1n) is 13.0. The van der Waals surface area contributed by atoms with Crippen LogP contribution in [0.4, 0.5) is 19.0 Å². The number of rotatable bonds is 8. The smallest absolute Gasteiger partial charge is 0.394 e. The molecule has 40 heavy (non-hydrogen) atoms. The van der Waals surface area contributed by atoms with Crippen LogP contribution in [0.2, 0.25) is 0 Å². The molecule has 2 aromatic carbocycles. The van der Waals surface area contributed by atoms with Crippen LogP contribution in [0.5, 0.6) is 0 Å². The van der Waals surface area contributed by atoms with Crippen molar-refractivity contribution in [2.45, 2.75) is 56.8 Å². The Morgan fingerprint density at radius 2 is 1.85 bits per heavy atom. The maximum atomic E-state index is 13.2. The normalized spacial score (nSPS) is 16.4. The molecule has 0 radical (unpaired) electrons. The van der Waals surface area contributed by atoms with Crippen molar-refractivity contribution < 1.29 is 31.5 Å². The van der Waals surface area contributed by atoms with E-state index in [-0.39, 0.29) is 23.2 Å². The van der Waals surface area contributed by atoms with Gasteiger partial charge in [0.15, 0.2) is 9.84 Å². The number of fused-ring (bicyclic) bond motifs is 1. The molecule has 0 saturated carbocycles. The lowest BCUT2D eigenvalue weighted by Crippen LogP contribution is -2.35. The Bertz CT molecular complexity index is 1490. The molecule has 214 valence electrons. The van der Waals surface area contributed by atoms with Gasteiger partial charge in [-0.25, -0.2) is 13.4 Å². The first-order chi connectivity index (χ1) is 18.9. The lowest BCUT2D eigenvalue weighted by molar-refractivity contribution is -0.137. The maximum absolute atomic E-state index is 13.2. The monoisotopic (exact) mass is 575 g/mol. The quantitative estimate of drug-likeness (QED) is 0.384. The molecule has 2 atom stereocenters. The summed E-state index contributed by atoms with van der Waals surface area (Å²) in [6.45, 7) is 5.78. The SMILES string of the molecule is CCC1CN(c2ncc(C(F)(F)F)cc2C)Cc2cc(C(=O)N[C@@H](CO)c3ccc(S(=O)(=O)CC)cc3)ccc21. The van der Waals surface area contributed by atoms with Crippen molar-refractivity contribution in [2.75, 3.05) is 23.8 Å². The molecule has 2 heterocycles. The fourth-order valence-electron chi connectivity index (χ4n) is 5.03. The number of hydrogen-bond acceptors (Lipinski definition) is 6. The zero-order chi connectivity index (χ0) is 29.2. The number of aromatic nitrogens is 1. The minimum absolute atomic E-state index is 0.0321. The van der Waals surface area contributed by atoms with Crippen LogP contribution in [0.3, 0.4) is 0 Å². The molecule has 0 bridgehead atoms. The highest BCUT2D eigenvalue weighted by Gasteiger charge is 2.33. The molecule has 1 aliphatic heterocycles. The van der Waals surface area contributed by atoms with E-state index in [9.17, 15) is 31.5 Å². The number of aliphatic hydroxyl groups excluding tert-OH is 1. The van der Waals surface area contributed by atoms with Crippen LogP contribution in [-0.2, 0) is 22.6 Å². The number of nitrogens with zero attached hydrogens (tertiary/aromatic N) is 2. The van der Waals surface area contributed by atoms with Gasteiger partial charge in [-0.1, -0.05) is 32.0 Å². The maximum Gasteiger partial charge on any atom is 0.417 e. The molecule has 7 nitrogen and oxygen atoms in total. The summed E-state index contributed by atoms with van der Waals surface area (Å²) in [6.07, 6.45) is -2.83. The zero-order valence-electron chi connectivity index (χ0n) is 22.5. The van der Waals surface area contributed by atoms with E-state index in [0.717, 1.165) is 29.8 Å². The third kappa shape index (κ3) is 6.15. The Labute approximate surface area is 232 Å². The van der Waals surface area contributed by atoms with Gasteiger partial charge in [0.1, 0.15) is 5.82 Å². The summed E-state index contributed by atoms with van der Waals surface area (Å²) in [7, 11) is -3.37. The lowest BCUT2D eigenvalue weighted by atomic mass is 9.86. The lowest BCUT2D eigenvalue weighted by Gasteiger charge is -2.36. The summed E-state index contributed by atoms with van der Waals surface area (Å²) in [6, 6.07) is 11.8. The largest absolute Gasteiger partial charge is 0.417 e. The van der Waals surface area contributed by atoms with Gasteiger partial charge in [-0.3, -0.25) is 4.79 Å². The highest BCUT2D eigenvalue weighted by molar-refractivity contribution is 7.91. The fraction of sp³-hybridized carbons (Fsp3) is 0.379. The van der Waals surface area contributed by atoms with Crippen LogP contribution in [-0.4, -0.2) is 43.3 Å². The van der Waals surface area contributed by atoms with Gasteiger partial charge >= 0.3 is 6.18 Å². The Morgan fingerprint density at radius 1 is 1.15 bits per heavy atom. The number of amides is 1. The first-order valence-corrected chi connectivity index (χ1v) is 14.7. The molecule has 1 aromatic heterocycles. The van der Waals surface area contributed by atoms with Crippen LogP contribution < -0.4 is 10.2 Å². The minimum atomic E-state index is -4.47. The molecule has 0 spiro atoms. The van der Waals surface area contributed by atoms with Gasteiger partial charge in [0, 0.05) is 30.8 Å². The number of carbonyl (C=O) groups excluding carboxylic acids is 1. The van der Waals surface area contributed by atoms with Crippen molar-refractivity contribution >= 4 is 21.6 Å². The van der Waals surface area contributed by atoms with Crippen molar-refractivity contribution in [3.63, 3.8) is 0 Å². The van der Waals surface area contributed by atoms with Crippen LogP contribution in [0.15, 0.2) is 59.6 Å². The molecule has 0 fully saturated rings. The molecule has 1 amide bonds. The second-order valence-corrected chi connectivity index (χ2v) is 12.2. The van der Waals surface area contributed by atoms with Gasteiger partial charge in [0.2, 0.25) is 0 Å². The predicted molar refractivity (Wildman–Crippen MR) is 146 cm³/mol. The minimum Gasteiger partial charge on any atom is -0.394 e. The van der Waals surface area contributed by atoms with Gasteiger partial charge < -0.3 is 15.3 Å². The average molecular weight is 576 g/mol. The van der Waals surface area contributed by atoms with E-state index in [1.54, 1.807) is 38.1 Å². The number of aliphatic hydroxyl groups is 1. The Kier molecular flexibility index (Phi) is 8.55. The number of halogens is 3. The van der Waals surface area contributed by atoms with Crippen LogP contribution >= 0.6 is 0 Å².